The normalized spacial score (nSPS) is 9.94. The first-order valence-corrected chi connectivity index (χ1v) is 5.71. The number of amides is 1. The molecule has 1 aromatic rings. The summed E-state index contributed by atoms with van der Waals surface area (Å²) in [6.45, 7) is 2.73. The van der Waals surface area contributed by atoms with Crippen LogP contribution in [0.3, 0.4) is 0 Å². The maximum Gasteiger partial charge on any atom is 0.307 e. The minimum atomic E-state index is -0.323. The van der Waals surface area contributed by atoms with Crippen molar-refractivity contribution in [3.8, 4) is 0 Å². The quantitative estimate of drug-likeness (QED) is 0.581. The number of furan rings is 1. The van der Waals surface area contributed by atoms with Crippen molar-refractivity contribution in [2.45, 2.75) is 26.2 Å². The van der Waals surface area contributed by atoms with Gasteiger partial charge in [-0.15, -0.1) is 0 Å². The molecule has 0 aromatic carbocycles. The van der Waals surface area contributed by atoms with Crippen LogP contribution in [0.25, 0.3) is 0 Å². The summed E-state index contributed by atoms with van der Waals surface area (Å²) in [4.78, 5) is 22.6. The summed E-state index contributed by atoms with van der Waals surface area (Å²) in [6, 6.07) is 3.20. The van der Waals surface area contributed by atoms with Crippen LogP contribution in [0.4, 0.5) is 0 Å². The second-order valence-electron chi connectivity index (χ2n) is 3.56. The van der Waals surface area contributed by atoms with Gasteiger partial charge in [-0.25, -0.2) is 0 Å². The molecule has 1 N–H and O–H groups in total. The summed E-state index contributed by atoms with van der Waals surface area (Å²) in [5.41, 5.74) is 0. The number of nitrogens with one attached hydrogen (secondary N) is 1. The maximum atomic E-state index is 11.4. The molecule has 0 saturated carbocycles. The summed E-state index contributed by atoms with van der Waals surface area (Å²) in [7, 11) is 0. The van der Waals surface area contributed by atoms with Crippen LogP contribution >= 0.6 is 0 Å². The molecular weight excluding hydrogens is 222 g/mol. The van der Waals surface area contributed by atoms with Crippen molar-refractivity contribution in [2.24, 2.45) is 0 Å². The molecule has 0 atom stereocenters. The van der Waals surface area contributed by atoms with Gasteiger partial charge >= 0.3 is 5.97 Å². The van der Waals surface area contributed by atoms with Crippen molar-refractivity contribution in [3.05, 3.63) is 24.2 Å². The van der Waals surface area contributed by atoms with E-state index in [4.69, 9.17) is 9.15 Å². The first-order valence-electron chi connectivity index (χ1n) is 5.71. The molecule has 1 amide bonds. The van der Waals surface area contributed by atoms with E-state index in [2.05, 4.69) is 5.32 Å². The molecule has 0 fully saturated rings. The van der Waals surface area contributed by atoms with Gasteiger partial charge in [-0.05, 0) is 18.6 Å². The lowest BCUT2D eigenvalue weighted by Gasteiger charge is -2.04. The molecule has 0 unspecified atom stereocenters. The maximum absolute atomic E-state index is 11.4. The Kier molecular flexibility index (Phi) is 5.85. The van der Waals surface area contributed by atoms with Gasteiger partial charge in [-0.3, -0.25) is 9.59 Å². The van der Waals surface area contributed by atoms with Crippen LogP contribution in [0.15, 0.2) is 22.8 Å². The Morgan fingerprint density at radius 2 is 2.29 bits per heavy atom. The fourth-order valence-electron chi connectivity index (χ4n) is 1.18. The molecule has 0 aliphatic carbocycles. The highest BCUT2D eigenvalue weighted by molar-refractivity contribution is 5.91. The molecule has 94 valence electrons. The van der Waals surface area contributed by atoms with Crippen molar-refractivity contribution in [2.75, 3.05) is 13.2 Å². The average molecular weight is 239 g/mol. The van der Waals surface area contributed by atoms with Crippen LogP contribution in [0, 0.1) is 0 Å². The summed E-state index contributed by atoms with van der Waals surface area (Å²) in [5, 5.41) is 2.57. The third kappa shape index (κ3) is 5.19. The lowest BCUT2D eigenvalue weighted by atomic mass is 10.3. The van der Waals surface area contributed by atoms with Crippen LogP contribution in [-0.4, -0.2) is 25.0 Å². The molecule has 0 bridgehead atoms. The minimum Gasteiger partial charge on any atom is -0.466 e. The largest absolute Gasteiger partial charge is 0.466 e. The van der Waals surface area contributed by atoms with E-state index in [9.17, 15) is 9.59 Å². The van der Waals surface area contributed by atoms with Crippen molar-refractivity contribution in [1.29, 1.82) is 0 Å². The van der Waals surface area contributed by atoms with E-state index in [0.717, 1.165) is 12.8 Å². The van der Waals surface area contributed by atoms with Crippen molar-refractivity contribution in [1.82, 2.24) is 5.32 Å². The van der Waals surface area contributed by atoms with Crippen LogP contribution in [0.1, 0.15) is 36.7 Å². The van der Waals surface area contributed by atoms with Gasteiger partial charge in [0.25, 0.3) is 5.91 Å². The van der Waals surface area contributed by atoms with Gasteiger partial charge in [0, 0.05) is 6.54 Å². The number of ether oxygens (including phenoxy) is 1. The Labute approximate surface area is 100 Å². The smallest absolute Gasteiger partial charge is 0.307 e. The first kappa shape index (κ1) is 13.3. The van der Waals surface area contributed by atoms with E-state index in [1.54, 1.807) is 12.1 Å². The Morgan fingerprint density at radius 1 is 1.47 bits per heavy atom. The lowest BCUT2D eigenvalue weighted by molar-refractivity contribution is -0.143. The third-order valence-electron chi connectivity index (χ3n) is 2.12. The molecule has 0 saturated heterocycles. The van der Waals surface area contributed by atoms with E-state index in [0.29, 0.717) is 6.61 Å². The van der Waals surface area contributed by atoms with Crippen LogP contribution in [0.2, 0.25) is 0 Å². The van der Waals surface area contributed by atoms with Crippen molar-refractivity contribution in [3.63, 3.8) is 0 Å². The van der Waals surface area contributed by atoms with Gasteiger partial charge in [0.05, 0.1) is 19.3 Å². The fourth-order valence-corrected chi connectivity index (χ4v) is 1.18. The fraction of sp³-hybridized carbons (Fsp3) is 0.500. The van der Waals surface area contributed by atoms with Gasteiger partial charge in [0.1, 0.15) is 0 Å². The summed E-state index contributed by atoms with van der Waals surface area (Å²) in [5.74, 6) is -0.376. The highest BCUT2D eigenvalue weighted by Crippen LogP contribution is 1.99. The number of carbonyl (C=O) groups is 2. The Morgan fingerprint density at radius 3 is 2.94 bits per heavy atom. The predicted molar refractivity (Wildman–Crippen MR) is 61.5 cm³/mol. The highest BCUT2D eigenvalue weighted by atomic mass is 16.5. The zero-order valence-corrected chi connectivity index (χ0v) is 9.90. The first-order chi connectivity index (χ1) is 8.24. The molecule has 5 heteroatoms. The second-order valence-corrected chi connectivity index (χ2v) is 3.56. The topological polar surface area (TPSA) is 68.5 Å². The van der Waals surface area contributed by atoms with Gasteiger partial charge < -0.3 is 14.5 Å². The molecule has 0 radical (unpaired) electrons. The number of unbranched alkanes of at least 4 members (excludes halogenated alkanes) is 1. The Hall–Kier alpha value is -1.78. The molecule has 17 heavy (non-hydrogen) atoms. The number of hydrogen-bond acceptors (Lipinski definition) is 4. The Balaban J connectivity index is 2.11. The molecule has 0 aliphatic rings. The summed E-state index contributed by atoms with van der Waals surface area (Å²) in [6.07, 6.45) is 3.46. The molecule has 0 aliphatic heterocycles. The SMILES string of the molecule is CCCCOC(=O)CCNC(=O)c1ccco1. The van der Waals surface area contributed by atoms with E-state index in [1.165, 1.54) is 6.26 Å². The second kappa shape index (κ2) is 7.49. The zero-order chi connectivity index (χ0) is 12.5. The van der Waals surface area contributed by atoms with Crippen LogP contribution in [0.5, 0.6) is 0 Å². The number of carbonyl (C=O) groups excluding carboxylic acids is 2. The lowest BCUT2D eigenvalue weighted by Crippen LogP contribution is -2.26. The molecule has 1 heterocycles. The predicted octanol–water partition coefficient (Wildman–Crippen LogP) is 1.74. The number of rotatable bonds is 7. The molecule has 1 aromatic heterocycles. The van der Waals surface area contributed by atoms with E-state index in [1.807, 2.05) is 6.92 Å². The molecular formula is C12H17NO4. The monoisotopic (exact) mass is 239 g/mol. The van der Waals surface area contributed by atoms with E-state index in [-0.39, 0.29) is 30.6 Å². The van der Waals surface area contributed by atoms with Gasteiger partial charge in [-0.1, -0.05) is 13.3 Å². The summed E-state index contributed by atoms with van der Waals surface area (Å²) < 4.78 is 9.85. The van der Waals surface area contributed by atoms with Crippen molar-refractivity contribution >= 4 is 11.9 Å². The Bertz CT molecular complexity index is 345. The van der Waals surface area contributed by atoms with Gasteiger partial charge in [-0.2, -0.15) is 0 Å². The molecule has 0 spiro atoms. The van der Waals surface area contributed by atoms with E-state index >= 15 is 0 Å². The number of hydrogen-bond donors (Lipinski definition) is 1. The zero-order valence-electron chi connectivity index (χ0n) is 9.90. The van der Waals surface area contributed by atoms with Crippen LogP contribution < -0.4 is 5.32 Å². The third-order valence-corrected chi connectivity index (χ3v) is 2.12. The highest BCUT2D eigenvalue weighted by Gasteiger charge is 2.08. The van der Waals surface area contributed by atoms with Crippen LogP contribution in [-0.2, 0) is 9.53 Å². The molecule has 1 rings (SSSR count). The number of esters is 1. The molecule has 5 nitrogen and oxygen atoms in total. The van der Waals surface area contributed by atoms with Gasteiger partial charge in [0.15, 0.2) is 5.76 Å². The van der Waals surface area contributed by atoms with Crippen molar-refractivity contribution < 1.29 is 18.7 Å². The minimum absolute atomic E-state index is 0.177. The van der Waals surface area contributed by atoms with Gasteiger partial charge in [0.2, 0.25) is 0 Å². The standard InChI is InChI=1S/C12H17NO4/c1-2-3-8-17-11(14)6-7-13-12(15)10-5-4-9-16-10/h4-5,9H,2-3,6-8H2,1H3,(H,13,15). The summed E-state index contributed by atoms with van der Waals surface area (Å²) >= 11 is 0. The van der Waals surface area contributed by atoms with E-state index < -0.39 is 0 Å². The average Bonchev–Trinajstić information content (AvgIpc) is 2.82.